The molecule has 4 rings (SSSR count). The fraction of sp³-hybridized carbons (Fsp3) is 1.00. The van der Waals surface area contributed by atoms with E-state index in [-0.39, 0.29) is 23.9 Å². The first kappa shape index (κ1) is 18.4. The Morgan fingerprint density at radius 3 is 2.08 bits per heavy atom. The van der Waals surface area contributed by atoms with E-state index < -0.39 is 31.9 Å². The molecular formula is C12H18F3NO6S2. The van der Waals surface area contributed by atoms with Crippen LogP contribution in [0.5, 0.6) is 0 Å². The number of nitrogens with one attached hydrogen (secondary N) is 1. The SMILES string of the molecule is O=S(=O)(NS(=O)(=O)C(F)(F)F)OC1C2CC3CC1CC(CO)(C3)C2. The van der Waals surface area contributed by atoms with Gasteiger partial charge in [-0.25, -0.2) is 8.42 Å². The maximum Gasteiger partial charge on any atom is 0.512 e. The van der Waals surface area contributed by atoms with Crippen molar-refractivity contribution in [1.29, 1.82) is 0 Å². The lowest BCUT2D eigenvalue weighted by Crippen LogP contribution is -2.56. The Balaban J connectivity index is 1.75. The van der Waals surface area contributed by atoms with Crippen LogP contribution in [0.15, 0.2) is 0 Å². The zero-order chi connectivity index (χ0) is 18.0. The second kappa shape index (κ2) is 5.53. The van der Waals surface area contributed by atoms with Crippen molar-refractivity contribution in [2.75, 3.05) is 6.61 Å². The zero-order valence-electron chi connectivity index (χ0n) is 12.5. The summed E-state index contributed by atoms with van der Waals surface area (Å²) in [4.78, 5) is 0. The van der Waals surface area contributed by atoms with Gasteiger partial charge in [-0.1, -0.05) is 4.13 Å². The van der Waals surface area contributed by atoms with Crippen LogP contribution < -0.4 is 4.13 Å². The van der Waals surface area contributed by atoms with E-state index in [1.165, 1.54) is 0 Å². The van der Waals surface area contributed by atoms with Crippen molar-refractivity contribution in [2.45, 2.75) is 43.7 Å². The summed E-state index contributed by atoms with van der Waals surface area (Å²) in [7, 11) is -11.2. The van der Waals surface area contributed by atoms with Crippen LogP contribution >= 0.6 is 0 Å². The first-order valence-corrected chi connectivity index (χ1v) is 10.4. The van der Waals surface area contributed by atoms with Crippen molar-refractivity contribution >= 4 is 20.3 Å². The van der Waals surface area contributed by atoms with Gasteiger partial charge >= 0.3 is 25.8 Å². The molecule has 140 valence electrons. The lowest BCUT2D eigenvalue weighted by molar-refractivity contribution is -0.137. The van der Waals surface area contributed by atoms with E-state index >= 15 is 0 Å². The molecule has 0 heterocycles. The van der Waals surface area contributed by atoms with Gasteiger partial charge in [0.25, 0.3) is 0 Å². The molecule has 2 N–H and O–H groups in total. The second-order valence-corrected chi connectivity index (χ2v) is 10.4. The van der Waals surface area contributed by atoms with E-state index in [1.54, 1.807) is 0 Å². The van der Waals surface area contributed by atoms with Crippen LogP contribution in [-0.4, -0.2) is 40.2 Å². The number of halogens is 3. The van der Waals surface area contributed by atoms with Gasteiger partial charge in [-0.05, 0) is 55.3 Å². The van der Waals surface area contributed by atoms with Crippen LogP contribution in [0.4, 0.5) is 13.2 Å². The molecule has 4 fully saturated rings. The number of aliphatic hydroxyl groups excluding tert-OH is 1. The molecule has 12 heteroatoms. The molecule has 24 heavy (non-hydrogen) atoms. The van der Waals surface area contributed by atoms with Gasteiger partial charge in [0.15, 0.2) is 0 Å². The number of rotatable bonds is 5. The van der Waals surface area contributed by atoms with Crippen molar-refractivity contribution in [1.82, 2.24) is 4.13 Å². The van der Waals surface area contributed by atoms with E-state index in [0.717, 1.165) is 6.42 Å². The van der Waals surface area contributed by atoms with E-state index in [1.807, 2.05) is 0 Å². The first-order chi connectivity index (χ1) is 10.9. The molecule has 4 saturated carbocycles. The average molecular weight is 393 g/mol. The summed E-state index contributed by atoms with van der Waals surface area (Å²) in [6, 6.07) is 0. The summed E-state index contributed by atoms with van der Waals surface area (Å²) >= 11 is 0. The molecule has 2 atom stereocenters. The number of hydrogen-bond donors (Lipinski definition) is 2. The van der Waals surface area contributed by atoms with Gasteiger partial charge in [0.05, 0.1) is 6.10 Å². The normalized spacial score (nSPS) is 39.3. The Labute approximate surface area is 137 Å². The van der Waals surface area contributed by atoms with E-state index in [9.17, 15) is 35.1 Å². The third kappa shape index (κ3) is 3.18. The van der Waals surface area contributed by atoms with Crippen LogP contribution in [0, 0.1) is 23.2 Å². The average Bonchev–Trinajstić information content (AvgIpc) is 2.40. The van der Waals surface area contributed by atoms with Crippen molar-refractivity contribution in [3.63, 3.8) is 0 Å². The Kier molecular flexibility index (Phi) is 4.23. The van der Waals surface area contributed by atoms with Crippen LogP contribution in [0.1, 0.15) is 32.1 Å². The summed E-state index contributed by atoms with van der Waals surface area (Å²) in [6.45, 7) is -0.0172. The van der Waals surface area contributed by atoms with Gasteiger partial charge in [0.1, 0.15) is 0 Å². The summed E-state index contributed by atoms with van der Waals surface area (Å²) in [5.41, 5.74) is -6.01. The predicted molar refractivity (Wildman–Crippen MR) is 75.0 cm³/mol. The van der Waals surface area contributed by atoms with Crippen LogP contribution in [0.3, 0.4) is 0 Å². The monoisotopic (exact) mass is 393 g/mol. The van der Waals surface area contributed by atoms with Gasteiger partial charge in [0, 0.05) is 6.61 Å². The number of sulfonamides is 1. The highest BCUT2D eigenvalue weighted by Gasteiger charge is 2.57. The van der Waals surface area contributed by atoms with Crippen LogP contribution in [-0.2, 0) is 24.5 Å². The minimum Gasteiger partial charge on any atom is -0.396 e. The predicted octanol–water partition coefficient (Wildman–Crippen LogP) is 0.874. The summed E-state index contributed by atoms with van der Waals surface area (Å²) in [5, 5.41) is 9.62. The Bertz CT molecular complexity index is 704. The third-order valence-corrected chi connectivity index (χ3v) is 8.18. The molecule has 0 aromatic carbocycles. The maximum absolute atomic E-state index is 12.3. The molecular weight excluding hydrogens is 375 g/mol. The van der Waals surface area contributed by atoms with Gasteiger partial charge in [0.2, 0.25) is 0 Å². The Morgan fingerprint density at radius 2 is 1.62 bits per heavy atom. The van der Waals surface area contributed by atoms with Gasteiger partial charge in [-0.15, -0.1) is 0 Å². The highest BCUT2D eigenvalue weighted by molar-refractivity contribution is 8.03. The zero-order valence-corrected chi connectivity index (χ0v) is 14.1. The molecule has 4 bridgehead atoms. The van der Waals surface area contributed by atoms with Gasteiger partial charge in [-0.2, -0.15) is 21.6 Å². The van der Waals surface area contributed by atoms with E-state index in [0.29, 0.717) is 35.7 Å². The summed E-state index contributed by atoms with van der Waals surface area (Å²) in [5.74, 6) is -0.0915. The first-order valence-electron chi connectivity index (χ1n) is 7.50. The molecule has 4 aliphatic carbocycles. The highest BCUT2D eigenvalue weighted by atomic mass is 32.3. The van der Waals surface area contributed by atoms with Crippen molar-refractivity contribution < 1.29 is 39.3 Å². The lowest BCUT2D eigenvalue weighted by Gasteiger charge is -2.58. The largest absolute Gasteiger partial charge is 0.512 e. The van der Waals surface area contributed by atoms with Crippen molar-refractivity contribution in [2.24, 2.45) is 23.2 Å². The molecule has 7 nitrogen and oxygen atoms in total. The lowest BCUT2D eigenvalue weighted by atomic mass is 9.49. The molecule has 0 aliphatic heterocycles. The second-order valence-electron chi connectivity index (χ2n) is 7.18. The van der Waals surface area contributed by atoms with Crippen molar-refractivity contribution in [3.05, 3.63) is 0 Å². The number of hydrogen-bond acceptors (Lipinski definition) is 6. The van der Waals surface area contributed by atoms with Crippen LogP contribution in [0.2, 0.25) is 0 Å². The molecule has 0 saturated heterocycles. The Hall–Kier alpha value is -0.430. The summed E-state index contributed by atoms with van der Waals surface area (Å²) in [6.07, 6.45) is 2.40. The molecule has 4 aliphatic rings. The highest BCUT2D eigenvalue weighted by Crippen LogP contribution is 2.60. The van der Waals surface area contributed by atoms with E-state index in [2.05, 4.69) is 0 Å². The minimum atomic E-state index is -6.05. The fourth-order valence-corrected chi connectivity index (χ4v) is 7.06. The standard InChI is InChI=1S/C12H18F3NO6S2/c13-12(14,15)23(18,19)16-24(20,21)22-10-8-1-7-2-9(10)5-11(3-7,4-8)6-17/h7-10,16-17H,1-6H2. The fourth-order valence-electron chi connectivity index (χ4n) is 4.84. The van der Waals surface area contributed by atoms with E-state index in [4.69, 9.17) is 4.18 Å². The molecule has 0 aromatic rings. The molecule has 2 unspecified atom stereocenters. The summed E-state index contributed by atoms with van der Waals surface area (Å²) < 4.78 is 87.9. The van der Waals surface area contributed by atoms with Gasteiger partial charge < -0.3 is 5.11 Å². The third-order valence-electron chi connectivity index (χ3n) is 5.40. The molecule has 0 aromatic heterocycles. The molecule has 0 radical (unpaired) electrons. The topological polar surface area (TPSA) is 110 Å². The number of aliphatic hydroxyl groups is 1. The van der Waals surface area contributed by atoms with Crippen LogP contribution in [0.25, 0.3) is 0 Å². The minimum absolute atomic E-state index is 0.0172. The van der Waals surface area contributed by atoms with Crippen molar-refractivity contribution in [3.8, 4) is 0 Å². The quantitative estimate of drug-likeness (QED) is 0.717. The maximum atomic E-state index is 12.3. The molecule has 0 spiro atoms. The smallest absolute Gasteiger partial charge is 0.396 e. The molecule has 0 amide bonds. The van der Waals surface area contributed by atoms with Gasteiger partial charge in [-0.3, -0.25) is 4.18 Å². The Morgan fingerprint density at radius 1 is 1.08 bits per heavy atom. The number of alkyl halides is 3.